The van der Waals surface area contributed by atoms with E-state index >= 15 is 0 Å². The number of ether oxygens (including phenoxy) is 1. The summed E-state index contributed by atoms with van der Waals surface area (Å²) in [5.41, 5.74) is 2.12. The second kappa shape index (κ2) is 11.2. The fraction of sp³-hybridized carbons (Fsp3) is 0.483. The third-order valence-electron chi connectivity index (χ3n) is 8.39. The molecular weight excluding hydrogens is 587 g/mol. The summed E-state index contributed by atoms with van der Waals surface area (Å²) in [6.45, 7) is 11.3. The maximum atomic E-state index is 13.9. The first-order chi connectivity index (χ1) is 20.4. The van der Waals surface area contributed by atoms with Gasteiger partial charge in [0.2, 0.25) is 0 Å². The van der Waals surface area contributed by atoms with E-state index in [1.54, 1.807) is 6.26 Å². The van der Waals surface area contributed by atoms with Gasteiger partial charge in [0.1, 0.15) is 24.6 Å². The van der Waals surface area contributed by atoms with Crippen LogP contribution in [0.2, 0.25) is 18.1 Å². The third kappa shape index (κ3) is 5.71. The number of anilines is 1. The molecule has 0 spiro atoms. The molecule has 0 aliphatic carbocycles. The number of furan rings is 1. The molecule has 2 aliphatic rings. The molecule has 0 amide bonds. The maximum Gasteiger partial charge on any atom is 0.406 e. The first-order valence-corrected chi connectivity index (χ1v) is 18.8. The number of fused-ring (bicyclic) bond motifs is 2. The number of benzene rings is 1. The molecule has 4 aromatic rings. The van der Waals surface area contributed by atoms with Gasteiger partial charge in [0.05, 0.1) is 12.9 Å². The zero-order chi connectivity index (χ0) is 30.6. The van der Waals surface area contributed by atoms with Gasteiger partial charge in [-0.15, -0.1) is 0 Å². The Kier molecular flexibility index (Phi) is 7.87. The Morgan fingerprint density at radius 1 is 1.14 bits per heavy atom. The fourth-order valence-electron chi connectivity index (χ4n) is 5.09. The van der Waals surface area contributed by atoms with E-state index in [2.05, 4.69) is 48.9 Å². The van der Waals surface area contributed by atoms with Crippen LogP contribution < -0.4 is 9.99 Å². The van der Waals surface area contributed by atoms with Crippen molar-refractivity contribution in [2.45, 2.75) is 70.0 Å². The number of nitrogens with zero attached hydrogens (tertiary/aromatic N) is 5. The molecule has 1 N–H and O–H groups in total. The van der Waals surface area contributed by atoms with E-state index in [4.69, 9.17) is 27.6 Å². The predicted octanol–water partition coefficient (Wildman–Crippen LogP) is 5.75. The highest BCUT2D eigenvalue weighted by Crippen LogP contribution is 2.55. The van der Waals surface area contributed by atoms with Gasteiger partial charge in [-0.2, -0.15) is 0 Å². The molecule has 2 aliphatic heterocycles. The average Bonchev–Trinajstić information content (AvgIpc) is 3.69. The number of aromatic nitrogens is 4. The van der Waals surface area contributed by atoms with Crippen molar-refractivity contribution in [3.63, 3.8) is 0 Å². The highest BCUT2D eigenvalue weighted by atomic mass is 31.2. The van der Waals surface area contributed by atoms with Gasteiger partial charge in [-0.1, -0.05) is 51.1 Å². The second-order valence-electron chi connectivity index (χ2n) is 12.6. The van der Waals surface area contributed by atoms with Gasteiger partial charge in [0.25, 0.3) is 0 Å². The van der Waals surface area contributed by atoms with E-state index in [0.717, 1.165) is 5.56 Å². The van der Waals surface area contributed by atoms with Crippen LogP contribution in [-0.4, -0.2) is 66.9 Å². The SMILES string of the molecule is CN(C)c1ncnc2c1nc(-c1ccco1)n2[C@@H]1O[C@@H]2CO[P@@](=O)(NCc3ccccc3)O[C@H]2[C@H]1O[Si](C)(C)C(C)(C)C. The van der Waals surface area contributed by atoms with Crippen molar-refractivity contribution in [3.05, 3.63) is 60.6 Å². The topological polar surface area (TPSA) is 126 Å². The molecule has 6 rings (SSSR count). The van der Waals surface area contributed by atoms with Crippen molar-refractivity contribution < 1.29 is 27.2 Å². The van der Waals surface area contributed by atoms with Crippen LogP contribution in [0.25, 0.3) is 22.7 Å². The van der Waals surface area contributed by atoms with Gasteiger partial charge in [-0.3, -0.25) is 13.6 Å². The molecule has 0 radical (unpaired) electrons. The van der Waals surface area contributed by atoms with Gasteiger partial charge in [-0.05, 0) is 35.8 Å². The Balaban J connectivity index is 1.43. The van der Waals surface area contributed by atoms with E-state index < -0.39 is 40.6 Å². The normalized spacial score (nSPS) is 26.1. The molecule has 0 unspecified atom stereocenters. The van der Waals surface area contributed by atoms with Crippen molar-refractivity contribution in [1.29, 1.82) is 0 Å². The van der Waals surface area contributed by atoms with E-state index in [1.807, 2.05) is 66.0 Å². The highest BCUT2D eigenvalue weighted by Gasteiger charge is 2.57. The number of imidazole rings is 1. The summed E-state index contributed by atoms with van der Waals surface area (Å²) < 4.78 is 47.6. The minimum atomic E-state index is -3.70. The van der Waals surface area contributed by atoms with Gasteiger partial charge in [0.15, 0.2) is 43.1 Å². The molecular formula is C29H39N6O6PSi. The minimum Gasteiger partial charge on any atom is -0.461 e. The fourth-order valence-corrected chi connectivity index (χ4v) is 7.90. The number of hydrogen-bond donors (Lipinski definition) is 1. The average molecular weight is 627 g/mol. The van der Waals surface area contributed by atoms with Gasteiger partial charge in [0, 0.05) is 20.6 Å². The predicted molar refractivity (Wildman–Crippen MR) is 165 cm³/mol. The lowest BCUT2D eigenvalue weighted by molar-refractivity contribution is -0.0589. The summed E-state index contributed by atoms with van der Waals surface area (Å²) >= 11 is 0. The Hall–Kier alpha value is -2.90. The third-order valence-corrected chi connectivity index (χ3v) is 14.4. The summed E-state index contributed by atoms with van der Waals surface area (Å²) in [5, 5.41) is 2.91. The monoisotopic (exact) mass is 626 g/mol. The van der Waals surface area contributed by atoms with Crippen LogP contribution in [0.3, 0.4) is 0 Å². The lowest BCUT2D eigenvalue weighted by Crippen LogP contribution is -2.50. The lowest BCUT2D eigenvalue weighted by atomic mass is 10.1. The van der Waals surface area contributed by atoms with Crippen molar-refractivity contribution in [3.8, 4) is 11.6 Å². The van der Waals surface area contributed by atoms with Crippen LogP contribution in [0, 0.1) is 0 Å². The molecule has 0 bridgehead atoms. The molecule has 5 heterocycles. The van der Waals surface area contributed by atoms with Crippen LogP contribution in [-0.2, 0) is 29.3 Å². The first kappa shape index (κ1) is 30.1. The van der Waals surface area contributed by atoms with Crippen molar-refractivity contribution in [2.75, 3.05) is 25.6 Å². The Labute approximate surface area is 252 Å². The first-order valence-electron chi connectivity index (χ1n) is 14.4. The number of hydrogen-bond acceptors (Lipinski definition) is 10. The number of rotatable bonds is 8. The summed E-state index contributed by atoms with van der Waals surface area (Å²) in [5.74, 6) is 1.71. The summed E-state index contributed by atoms with van der Waals surface area (Å²) in [4.78, 5) is 16.0. The van der Waals surface area contributed by atoms with Crippen molar-refractivity contribution in [1.82, 2.24) is 24.6 Å². The summed E-state index contributed by atoms with van der Waals surface area (Å²) in [7, 11) is -2.29. The molecule has 0 saturated carbocycles. The number of nitrogens with one attached hydrogen (secondary N) is 1. The lowest BCUT2D eigenvalue weighted by Gasteiger charge is -2.41. The zero-order valence-corrected chi connectivity index (χ0v) is 27.4. The molecule has 14 heteroatoms. The summed E-state index contributed by atoms with van der Waals surface area (Å²) in [6.07, 6.45) is 0.502. The van der Waals surface area contributed by atoms with Crippen LogP contribution >= 0.6 is 7.75 Å². The molecule has 2 fully saturated rings. The maximum absolute atomic E-state index is 13.9. The van der Waals surface area contributed by atoms with Crippen LogP contribution in [0.5, 0.6) is 0 Å². The van der Waals surface area contributed by atoms with Crippen LogP contribution in [0.15, 0.2) is 59.5 Å². The minimum absolute atomic E-state index is 0.0677. The quantitative estimate of drug-likeness (QED) is 0.190. The smallest absolute Gasteiger partial charge is 0.406 e. The Bertz CT molecular complexity index is 1620. The van der Waals surface area contributed by atoms with Crippen LogP contribution in [0.1, 0.15) is 32.6 Å². The highest BCUT2D eigenvalue weighted by molar-refractivity contribution is 7.51. The molecule has 43 heavy (non-hydrogen) atoms. The molecule has 5 atom stereocenters. The van der Waals surface area contributed by atoms with E-state index in [9.17, 15) is 4.57 Å². The molecule has 1 aromatic carbocycles. The van der Waals surface area contributed by atoms with E-state index in [-0.39, 0.29) is 11.6 Å². The van der Waals surface area contributed by atoms with Gasteiger partial charge < -0.3 is 18.5 Å². The molecule has 3 aromatic heterocycles. The second-order valence-corrected chi connectivity index (χ2v) is 19.2. The molecule has 230 valence electrons. The molecule has 12 nitrogen and oxygen atoms in total. The standard InChI is InChI=1S/C29H39N6O6PSi/c1-29(2,3)43(6,7)41-24-23-21(17-38-42(36,40-23)32-16-19-12-9-8-10-13-19)39-28(24)35-25(20-14-11-15-37-20)33-22-26(34(4)5)30-18-31-27(22)35/h8-15,18,21,23-24,28H,16-17H2,1-7H3,(H,32,36)/t21-,23-,24-,28-,42+/m1/s1. The van der Waals surface area contributed by atoms with E-state index in [0.29, 0.717) is 35.1 Å². The Morgan fingerprint density at radius 3 is 2.58 bits per heavy atom. The molecule has 2 saturated heterocycles. The van der Waals surface area contributed by atoms with Gasteiger partial charge >= 0.3 is 7.75 Å². The van der Waals surface area contributed by atoms with E-state index in [1.165, 1.54) is 6.33 Å². The van der Waals surface area contributed by atoms with Crippen LogP contribution in [0.4, 0.5) is 5.82 Å². The Morgan fingerprint density at radius 2 is 1.91 bits per heavy atom. The van der Waals surface area contributed by atoms with Crippen molar-refractivity contribution in [2.24, 2.45) is 0 Å². The van der Waals surface area contributed by atoms with Crippen molar-refractivity contribution >= 4 is 33.0 Å². The van der Waals surface area contributed by atoms with Gasteiger partial charge in [-0.25, -0.2) is 24.6 Å². The zero-order valence-electron chi connectivity index (χ0n) is 25.6. The largest absolute Gasteiger partial charge is 0.461 e. The summed E-state index contributed by atoms with van der Waals surface area (Å²) in [6, 6.07) is 13.4.